The molecular weight excluding hydrogens is 498 g/mol. The quantitative estimate of drug-likeness (QED) is 0.281. The lowest BCUT2D eigenvalue weighted by Gasteiger charge is -2.32. The molecule has 2 N–H and O–H groups in total. The van der Waals surface area contributed by atoms with Gasteiger partial charge in [-0.15, -0.1) is 11.3 Å². The molecule has 10 heteroatoms. The third-order valence-electron chi connectivity index (χ3n) is 7.73. The van der Waals surface area contributed by atoms with Gasteiger partial charge in [0.05, 0.1) is 24.1 Å². The minimum atomic E-state index is -0.136. The van der Waals surface area contributed by atoms with Crippen LogP contribution in [-0.4, -0.2) is 62.2 Å². The Morgan fingerprint density at radius 1 is 1.21 bits per heavy atom. The molecule has 4 aromatic rings. The zero-order valence-electron chi connectivity index (χ0n) is 23.5. The lowest BCUT2D eigenvalue weighted by atomic mass is 9.84. The zero-order valence-corrected chi connectivity index (χ0v) is 24.3. The van der Waals surface area contributed by atoms with Crippen molar-refractivity contribution in [1.29, 1.82) is 0 Å². The van der Waals surface area contributed by atoms with Crippen LogP contribution < -0.4 is 10.1 Å². The average Bonchev–Trinajstić information content (AvgIpc) is 3.65. The molecule has 0 amide bonds. The number of nitrogens with one attached hydrogen (secondary N) is 2. The second-order valence-electron chi connectivity index (χ2n) is 11.2. The Bertz CT molecular complexity index is 1400. The summed E-state index contributed by atoms with van der Waals surface area (Å²) < 4.78 is 12.9. The van der Waals surface area contributed by atoms with Crippen molar-refractivity contribution in [2.75, 3.05) is 20.8 Å². The van der Waals surface area contributed by atoms with Crippen LogP contribution in [0.3, 0.4) is 0 Å². The summed E-state index contributed by atoms with van der Waals surface area (Å²) in [6.45, 7) is 11.7. The Morgan fingerprint density at radius 2 is 1.97 bits per heavy atom. The summed E-state index contributed by atoms with van der Waals surface area (Å²) in [6.07, 6.45) is 8.20. The highest BCUT2D eigenvalue weighted by molar-refractivity contribution is 7.15. The van der Waals surface area contributed by atoms with Gasteiger partial charge < -0.3 is 14.8 Å². The molecule has 4 heterocycles. The summed E-state index contributed by atoms with van der Waals surface area (Å²) in [5.74, 6) is 1.48. The monoisotopic (exact) mass is 537 g/mol. The highest BCUT2D eigenvalue weighted by Gasteiger charge is 2.29. The lowest BCUT2D eigenvalue weighted by Crippen LogP contribution is -2.43. The fourth-order valence-corrected chi connectivity index (χ4v) is 6.63. The average molecular weight is 538 g/mol. The Kier molecular flexibility index (Phi) is 7.57. The first kappa shape index (κ1) is 26.8. The molecule has 0 saturated heterocycles. The normalized spacial score (nSPS) is 18.5. The Labute approximate surface area is 228 Å². The van der Waals surface area contributed by atoms with Gasteiger partial charge in [0.1, 0.15) is 17.0 Å². The van der Waals surface area contributed by atoms with Gasteiger partial charge >= 0.3 is 0 Å². The van der Waals surface area contributed by atoms with Crippen LogP contribution in [0.4, 0.5) is 0 Å². The second-order valence-corrected chi connectivity index (χ2v) is 12.2. The lowest BCUT2D eigenvalue weighted by molar-refractivity contribution is 0.0199. The summed E-state index contributed by atoms with van der Waals surface area (Å²) in [7, 11) is 3.43. The van der Waals surface area contributed by atoms with Crippen LogP contribution in [0.25, 0.3) is 27.6 Å². The molecule has 0 aliphatic heterocycles. The molecule has 204 valence electrons. The van der Waals surface area contributed by atoms with Gasteiger partial charge in [0.2, 0.25) is 0 Å². The number of fused-ring (bicyclic) bond motifs is 1. The minimum Gasteiger partial charge on any atom is -0.493 e. The number of nitrogens with zero attached hydrogens (tertiary/aromatic N) is 5. The van der Waals surface area contributed by atoms with Gasteiger partial charge in [-0.1, -0.05) is 13.8 Å². The van der Waals surface area contributed by atoms with Crippen molar-refractivity contribution in [1.82, 2.24) is 35.1 Å². The van der Waals surface area contributed by atoms with Crippen molar-refractivity contribution >= 4 is 17.0 Å². The van der Waals surface area contributed by atoms with Crippen LogP contribution in [0.2, 0.25) is 0 Å². The number of aryl methyl sites for hydroxylation is 1. The first-order valence-corrected chi connectivity index (χ1v) is 14.2. The maximum Gasteiger partial charge on any atom is 0.197 e. The van der Waals surface area contributed by atoms with E-state index >= 15 is 0 Å². The van der Waals surface area contributed by atoms with Gasteiger partial charge in [-0.2, -0.15) is 10.2 Å². The molecule has 4 aromatic heterocycles. The molecule has 0 spiro atoms. The number of thiazole rings is 1. The number of pyridine rings is 1. The number of methoxy groups -OCH3 is 2. The van der Waals surface area contributed by atoms with E-state index in [1.165, 1.54) is 36.9 Å². The molecule has 5 rings (SSSR count). The van der Waals surface area contributed by atoms with Crippen LogP contribution in [-0.2, 0) is 4.74 Å². The predicted molar refractivity (Wildman–Crippen MR) is 151 cm³/mol. The first-order chi connectivity index (χ1) is 18.2. The van der Waals surface area contributed by atoms with Crippen molar-refractivity contribution in [2.24, 2.45) is 0 Å². The van der Waals surface area contributed by atoms with Crippen LogP contribution in [0.5, 0.6) is 5.75 Å². The first-order valence-electron chi connectivity index (χ1n) is 13.4. The van der Waals surface area contributed by atoms with Gasteiger partial charge in [-0.3, -0.25) is 5.10 Å². The highest BCUT2D eigenvalue weighted by atomic mass is 32.1. The van der Waals surface area contributed by atoms with E-state index in [0.29, 0.717) is 23.4 Å². The Morgan fingerprint density at radius 3 is 2.66 bits per heavy atom. The van der Waals surface area contributed by atoms with E-state index in [0.717, 1.165) is 39.8 Å². The molecule has 1 saturated carbocycles. The molecule has 0 aromatic carbocycles. The fraction of sp³-hybridized carbons (Fsp3) is 0.571. The van der Waals surface area contributed by atoms with Crippen molar-refractivity contribution in [3.63, 3.8) is 0 Å². The third-order valence-corrected chi connectivity index (χ3v) is 9.06. The van der Waals surface area contributed by atoms with E-state index in [1.54, 1.807) is 18.7 Å². The third kappa shape index (κ3) is 5.21. The largest absolute Gasteiger partial charge is 0.493 e. The number of hydrogen-bond acceptors (Lipinski definition) is 8. The summed E-state index contributed by atoms with van der Waals surface area (Å²) in [6, 6.07) is 2.54. The summed E-state index contributed by atoms with van der Waals surface area (Å²) >= 11 is 1.81. The van der Waals surface area contributed by atoms with Gasteiger partial charge in [0.25, 0.3) is 0 Å². The molecule has 0 bridgehead atoms. The number of aromatic nitrogens is 6. The minimum absolute atomic E-state index is 0.136. The summed E-state index contributed by atoms with van der Waals surface area (Å²) in [5, 5.41) is 17.1. The number of aromatic amines is 1. The standard InChI is InChI=1S/C28H39N7O2S/c1-16(2)22-23(19-12-21(36-6)26-30-15-31-35(26)13-19)33-34-24(22)27-32-17(3)25(38-27)18-8-10-20(11-9-18)29-14-28(4,5)37-7/h12-13,15-16,18,20,29H,8-11,14H2,1-7H3,(H,33,34). The van der Waals surface area contributed by atoms with Crippen LogP contribution in [0.1, 0.15) is 81.3 Å². The zero-order chi connectivity index (χ0) is 27.0. The molecule has 1 aliphatic carbocycles. The van der Waals surface area contributed by atoms with Crippen molar-refractivity contribution in [2.45, 2.75) is 83.8 Å². The SMILES string of the molecule is COc1cc(-c2[nH]nc(-c3nc(C)c(C4CCC(NCC(C)(C)OC)CC4)s3)c2C(C)C)cn2ncnc12. The van der Waals surface area contributed by atoms with Crippen molar-refractivity contribution in [3.8, 4) is 27.7 Å². The maximum absolute atomic E-state index is 5.59. The number of ether oxygens (including phenoxy) is 2. The number of hydrogen-bond donors (Lipinski definition) is 2. The summed E-state index contributed by atoms with van der Waals surface area (Å²) in [4.78, 5) is 10.7. The number of H-pyrrole nitrogens is 1. The van der Waals surface area contributed by atoms with Gasteiger partial charge in [-0.05, 0) is 64.4 Å². The predicted octanol–water partition coefficient (Wildman–Crippen LogP) is 5.72. The Hall–Kier alpha value is -2.82. The van der Waals surface area contributed by atoms with E-state index in [2.05, 4.69) is 55.1 Å². The van der Waals surface area contributed by atoms with Crippen LogP contribution in [0, 0.1) is 6.92 Å². The van der Waals surface area contributed by atoms with E-state index in [-0.39, 0.29) is 11.5 Å². The molecule has 9 nitrogen and oxygen atoms in total. The highest BCUT2D eigenvalue weighted by Crippen LogP contribution is 2.43. The number of rotatable bonds is 9. The molecule has 38 heavy (non-hydrogen) atoms. The fourth-order valence-electron chi connectivity index (χ4n) is 5.39. The molecule has 0 unspecified atom stereocenters. The molecule has 1 fully saturated rings. The molecule has 0 atom stereocenters. The van der Waals surface area contributed by atoms with Crippen LogP contribution in [0.15, 0.2) is 18.6 Å². The van der Waals surface area contributed by atoms with Gasteiger partial charge in [0, 0.05) is 41.9 Å². The van der Waals surface area contributed by atoms with Crippen molar-refractivity contribution in [3.05, 3.63) is 34.7 Å². The summed E-state index contributed by atoms with van der Waals surface area (Å²) in [5.41, 5.74) is 5.69. The van der Waals surface area contributed by atoms with E-state index in [9.17, 15) is 0 Å². The molecule has 0 radical (unpaired) electrons. The van der Waals surface area contributed by atoms with Crippen molar-refractivity contribution < 1.29 is 9.47 Å². The van der Waals surface area contributed by atoms with Crippen LogP contribution >= 0.6 is 11.3 Å². The maximum atomic E-state index is 5.59. The molecular formula is C28H39N7O2S. The molecule has 1 aliphatic rings. The Balaban J connectivity index is 1.39. The van der Waals surface area contributed by atoms with Gasteiger partial charge in [0.15, 0.2) is 11.4 Å². The van der Waals surface area contributed by atoms with Gasteiger partial charge in [-0.25, -0.2) is 14.5 Å². The van der Waals surface area contributed by atoms with E-state index in [4.69, 9.17) is 19.6 Å². The van der Waals surface area contributed by atoms with E-state index < -0.39 is 0 Å². The van der Waals surface area contributed by atoms with E-state index in [1.807, 2.05) is 23.6 Å². The second kappa shape index (κ2) is 10.7. The smallest absolute Gasteiger partial charge is 0.197 e. The topological polar surface area (TPSA) is 102 Å².